The highest BCUT2D eigenvalue weighted by Gasteiger charge is 2.36. The molecule has 0 aromatic carbocycles. The van der Waals surface area contributed by atoms with Gasteiger partial charge in [-0.1, -0.05) is 18.9 Å². The Kier molecular flexibility index (Phi) is 3.25. The summed E-state index contributed by atoms with van der Waals surface area (Å²) in [6.45, 7) is 2.93. The smallest absolute Gasteiger partial charge is 0.128 e. The number of hydrogen-bond donors (Lipinski definition) is 1. The first-order valence-electron chi connectivity index (χ1n) is 7.16. The van der Waals surface area contributed by atoms with Crippen LogP contribution in [0, 0.1) is 5.92 Å². The summed E-state index contributed by atoms with van der Waals surface area (Å²) in [5.74, 6) is 1.98. The van der Waals surface area contributed by atoms with Gasteiger partial charge in [-0.05, 0) is 43.7 Å². The van der Waals surface area contributed by atoms with Crippen molar-refractivity contribution in [3.63, 3.8) is 0 Å². The summed E-state index contributed by atoms with van der Waals surface area (Å²) < 4.78 is 0. The molecule has 0 amide bonds. The van der Waals surface area contributed by atoms with Crippen LogP contribution >= 0.6 is 0 Å². The fourth-order valence-electron chi connectivity index (χ4n) is 3.50. The lowest BCUT2D eigenvalue weighted by Crippen LogP contribution is -2.35. The number of aromatic nitrogens is 1. The molecular weight excluding hydrogens is 224 g/mol. The van der Waals surface area contributed by atoms with E-state index < -0.39 is 6.10 Å². The van der Waals surface area contributed by atoms with Gasteiger partial charge in [-0.3, -0.25) is 0 Å². The molecule has 1 aromatic heterocycles. The lowest BCUT2D eigenvalue weighted by molar-refractivity contribution is 0.199. The van der Waals surface area contributed by atoms with Crippen molar-refractivity contribution >= 4 is 5.82 Å². The molecule has 1 N–H and O–H groups in total. The lowest BCUT2D eigenvalue weighted by atomic mass is 9.85. The SMILES string of the molecule is C[C@H](O)c1ccc(N2CCC3CCCCC32)nc1. The van der Waals surface area contributed by atoms with Crippen LogP contribution in [-0.4, -0.2) is 22.7 Å². The fraction of sp³-hybridized carbons (Fsp3) is 0.667. The number of pyridine rings is 1. The first kappa shape index (κ1) is 12.0. The second kappa shape index (κ2) is 4.88. The molecule has 3 heteroatoms. The van der Waals surface area contributed by atoms with Gasteiger partial charge in [0.25, 0.3) is 0 Å². The maximum atomic E-state index is 9.51. The van der Waals surface area contributed by atoms with Crippen molar-refractivity contribution in [3.05, 3.63) is 23.9 Å². The van der Waals surface area contributed by atoms with Crippen LogP contribution < -0.4 is 4.90 Å². The van der Waals surface area contributed by atoms with E-state index in [-0.39, 0.29) is 0 Å². The fourth-order valence-corrected chi connectivity index (χ4v) is 3.50. The summed E-state index contributed by atoms with van der Waals surface area (Å²) in [7, 11) is 0. The van der Waals surface area contributed by atoms with Crippen molar-refractivity contribution < 1.29 is 5.11 Å². The number of fused-ring (bicyclic) bond motifs is 1. The molecule has 18 heavy (non-hydrogen) atoms. The van der Waals surface area contributed by atoms with Gasteiger partial charge in [0.05, 0.1) is 6.10 Å². The molecule has 98 valence electrons. The van der Waals surface area contributed by atoms with Crippen LogP contribution in [0.5, 0.6) is 0 Å². The van der Waals surface area contributed by atoms with Crippen LogP contribution in [0.2, 0.25) is 0 Å². The van der Waals surface area contributed by atoms with E-state index in [1.165, 1.54) is 32.1 Å². The normalized spacial score (nSPS) is 29.1. The number of rotatable bonds is 2. The van der Waals surface area contributed by atoms with E-state index in [0.29, 0.717) is 6.04 Å². The number of nitrogens with zero attached hydrogens (tertiary/aromatic N) is 2. The topological polar surface area (TPSA) is 36.4 Å². The minimum Gasteiger partial charge on any atom is -0.389 e. The van der Waals surface area contributed by atoms with Gasteiger partial charge in [-0.15, -0.1) is 0 Å². The van der Waals surface area contributed by atoms with Crippen LogP contribution in [-0.2, 0) is 0 Å². The molecule has 2 fully saturated rings. The predicted molar refractivity (Wildman–Crippen MR) is 72.6 cm³/mol. The Bertz CT molecular complexity index is 401. The number of aliphatic hydroxyl groups is 1. The molecule has 1 aliphatic carbocycles. The quantitative estimate of drug-likeness (QED) is 0.871. The molecule has 3 rings (SSSR count). The Balaban J connectivity index is 1.78. The second-order valence-electron chi connectivity index (χ2n) is 5.72. The van der Waals surface area contributed by atoms with Crippen LogP contribution in [0.4, 0.5) is 5.82 Å². The summed E-state index contributed by atoms with van der Waals surface area (Å²) in [5.41, 5.74) is 0.901. The second-order valence-corrected chi connectivity index (χ2v) is 5.72. The molecule has 3 atom stereocenters. The summed E-state index contributed by atoms with van der Waals surface area (Å²) >= 11 is 0. The van der Waals surface area contributed by atoms with Crippen molar-refractivity contribution in [2.24, 2.45) is 5.92 Å². The average molecular weight is 246 g/mol. The highest BCUT2D eigenvalue weighted by atomic mass is 16.3. The zero-order valence-corrected chi connectivity index (χ0v) is 11.0. The molecule has 1 aromatic rings. The van der Waals surface area contributed by atoms with E-state index in [1.54, 1.807) is 6.92 Å². The summed E-state index contributed by atoms with van der Waals surface area (Å²) in [6.07, 6.45) is 8.21. The summed E-state index contributed by atoms with van der Waals surface area (Å²) in [4.78, 5) is 7.02. The Hall–Kier alpha value is -1.09. The van der Waals surface area contributed by atoms with E-state index >= 15 is 0 Å². The molecular formula is C15H22N2O. The standard InChI is InChI=1S/C15H22N2O/c1-11(18)13-6-7-15(16-10-13)17-9-8-12-4-2-3-5-14(12)17/h6-7,10-12,14,18H,2-5,8-9H2,1H3/t11-,12?,14?/m0/s1. The van der Waals surface area contributed by atoms with Crippen molar-refractivity contribution in [3.8, 4) is 0 Å². The maximum Gasteiger partial charge on any atom is 0.128 e. The third kappa shape index (κ3) is 2.12. The Morgan fingerprint density at radius 1 is 1.28 bits per heavy atom. The minimum absolute atomic E-state index is 0.424. The summed E-state index contributed by atoms with van der Waals surface area (Å²) in [5, 5.41) is 9.51. The zero-order valence-electron chi connectivity index (χ0n) is 11.0. The molecule has 2 aliphatic rings. The van der Waals surface area contributed by atoms with Gasteiger partial charge in [-0.25, -0.2) is 4.98 Å². The van der Waals surface area contributed by atoms with E-state index in [1.807, 2.05) is 12.3 Å². The molecule has 3 nitrogen and oxygen atoms in total. The van der Waals surface area contributed by atoms with Crippen LogP contribution in [0.25, 0.3) is 0 Å². The van der Waals surface area contributed by atoms with Crippen LogP contribution in [0.15, 0.2) is 18.3 Å². The molecule has 1 aliphatic heterocycles. The monoisotopic (exact) mass is 246 g/mol. The first-order valence-corrected chi connectivity index (χ1v) is 7.16. The van der Waals surface area contributed by atoms with Gasteiger partial charge in [0, 0.05) is 18.8 Å². The van der Waals surface area contributed by atoms with Crippen molar-refractivity contribution in [2.75, 3.05) is 11.4 Å². The maximum absolute atomic E-state index is 9.51. The molecule has 2 heterocycles. The molecule has 0 radical (unpaired) electrons. The van der Waals surface area contributed by atoms with Gasteiger partial charge in [-0.2, -0.15) is 0 Å². The molecule has 0 bridgehead atoms. The van der Waals surface area contributed by atoms with Crippen LogP contribution in [0.3, 0.4) is 0 Å². The van der Waals surface area contributed by atoms with Gasteiger partial charge in [0.15, 0.2) is 0 Å². The van der Waals surface area contributed by atoms with E-state index in [2.05, 4.69) is 16.0 Å². The highest BCUT2D eigenvalue weighted by molar-refractivity contribution is 5.42. The Morgan fingerprint density at radius 3 is 2.83 bits per heavy atom. The van der Waals surface area contributed by atoms with Crippen molar-refractivity contribution in [1.29, 1.82) is 0 Å². The van der Waals surface area contributed by atoms with Gasteiger partial charge in [0.1, 0.15) is 5.82 Å². The molecule has 0 spiro atoms. The number of aliphatic hydroxyl groups excluding tert-OH is 1. The molecule has 1 saturated carbocycles. The van der Waals surface area contributed by atoms with Gasteiger partial charge in [0.2, 0.25) is 0 Å². The largest absolute Gasteiger partial charge is 0.389 e. The lowest BCUT2D eigenvalue weighted by Gasteiger charge is -2.32. The van der Waals surface area contributed by atoms with Gasteiger partial charge >= 0.3 is 0 Å². The Labute approximate surface area is 109 Å². The predicted octanol–water partition coefficient (Wildman–Crippen LogP) is 2.90. The summed E-state index contributed by atoms with van der Waals surface area (Å²) in [6, 6.07) is 4.78. The minimum atomic E-state index is -0.424. The molecule has 2 unspecified atom stereocenters. The first-order chi connectivity index (χ1) is 8.75. The van der Waals surface area contributed by atoms with E-state index in [0.717, 1.165) is 23.8 Å². The van der Waals surface area contributed by atoms with Gasteiger partial charge < -0.3 is 10.0 Å². The van der Waals surface area contributed by atoms with Crippen molar-refractivity contribution in [2.45, 2.75) is 51.2 Å². The Morgan fingerprint density at radius 2 is 2.11 bits per heavy atom. The third-order valence-electron chi connectivity index (χ3n) is 4.56. The van der Waals surface area contributed by atoms with Crippen molar-refractivity contribution in [1.82, 2.24) is 4.98 Å². The third-order valence-corrected chi connectivity index (χ3v) is 4.56. The van der Waals surface area contributed by atoms with E-state index in [4.69, 9.17) is 0 Å². The average Bonchev–Trinajstić information content (AvgIpc) is 2.82. The van der Waals surface area contributed by atoms with Crippen LogP contribution in [0.1, 0.15) is 50.7 Å². The van der Waals surface area contributed by atoms with E-state index in [9.17, 15) is 5.11 Å². The highest BCUT2D eigenvalue weighted by Crippen LogP contribution is 2.38. The number of hydrogen-bond acceptors (Lipinski definition) is 3. The number of anilines is 1. The molecule has 1 saturated heterocycles. The zero-order chi connectivity index (χ0) is 12.5.